The molecule has 0 spiro atoms. The molecular weight excluding hydrogens is 498 g/mol. The van der Waals surface area contributed by atoms with Gasteiger partial charge in [0.1, 0.15) is 6.04 Å². The second kappa shape index (κ2) is 10.6. The van der Waals surface area contributed by atoms with Gasteiger partial charge in [0.25, 0.3) is 11.8 Å². The van der Waals surface area contributed by atoms with Gasteiger partial charge in [-0.25, -0.2) is 0 Å². The third kappa shape index (κ3) is 4.40. The van der Waals surface area contributed by atoms with Crippen LogP contribution in [0.5, 0.6) is 0 Å². The normalized spacial score (nSPS) is 16.7. The van der Waals surface area contributed by atoms with Gasteiger partial charge >= 0.3 is 0 Å². The van der Waals surface area contributed by atoms with Gasteiger partial charge in [0.15, 0.2) is 5.82 Å². The van der Waals surface area contributed by atoms with Crippen molar-refractivity contribution < 1.29 is 14.4 Å². The Bertz CT molecular complexity index is 1400. The lowest BCUT2D eigenvalue weighted by Gasteiger charge is -2.29. The number of hydrogen-bond acceptors (Lipinski definition) is 8. The van der Waals surface area contributed by atoms with Crippen LogP contribution < -0.4 is 16.0 Å². The molecule has 39 heavy (non-hydrogen) atoms. The number of tetrazole rings is 1. The highest BCUT2D eigenvalue weighted by Crippen LogP contribution is 2.53. The van der Waals surface area contributed by atoms with Gasteiger partial charge < -0.3 is 20.9 Å². The summed E-state index contributed by atoms with van der Waals surface area (Å²) in [4.78, 5) is 39.4. The van der Waals surface area contributed by atoms with Gasteiger partial charge in [0.05, 0.1) is 18.0 Å². The number of nitriles is 1. The maximum absolute atomic E-state index is 12.8. The molecule has 200 valence electrons. The zero-order chi connectivity index (χ0) is 27.6. The fraction of sp³-hybridized carbons (Fsp3) is 0.370. The number of carbonyl (C=O) groups is 3. The first-order valence-corrected chi connectivity index (χ1v) is 12.8. The maximum atomic E-state index is 12.8. The van der Waals surface area contributed by atoms with Crippen LogP contribution in [0.15, 0.2) is 36.4 Å². The number of rotatable bonds is 8. The highest BCUT2D eigenvalue weighted by Gasteiger charge is 2.48. The number of H-pyrrole nitrogens is 1. The van der Waals surface area contributed by atoms with E-state index in [0.717, 1.165) is 28.7 Å². The van der Waals surface area contributed by atoms with Gasteiger partial charge in [-0.2, -0.15) is 10.5 Å². The summed E-state index contributed by atoms with van der Waals surface area (Å²) < 4.78 is 0. The van der Waals surface area contributed by atoms with E-state index < -0.39 is 5.41 Å². The number of hydrogen-bond donors (Lipinski definition) is 4. The topological polar surface area (TPSA) is 169 Å². The van der Waals surface area contributed by atoms with Gasteiger partial charge in [-0.15, -0.1) is 10.2 Å². The lowest BCUT2D eigenvalue weighted by molar-refractivity contribution is -0.130. The van der Waals surface area contributed by atoms with E-state index in [0.29, 0.717) is 42.9 Å². The quantitative estimate of drug-likeness (QED) is 0.311. The first kappa shape index (κ1) is 26.0. The van der Waals surface area contributed by atoms with Gasteiger partial charge in [0, 0.05) is 31.8 Å². The summed E-state index contributed by atoms with van der Waals surface area (Å²) in [6, 6.07) is 12.8. The number of carbonyl (C=O) groups excluding carboxylic acids is 3. The smallest absolute Gasteiger partial charge is 0.251 e. The fourth-order valence-corrected chi connectivity index (χ4v) is 5.73. The average molecular weight is 528 g/mol. The molecule has 3 amide bonds. The standard InChI is InChI=1S/C27H29N9O3/c1-29-24(38)16-5-7-21-19(12-16)20-13-17(25(39)30-2)6-8-22(20)27(21,26-32-34-35-33-26)9-10-31-15-23(37)36-11-3-4-18(36)14-28/h5-8,12-13,18,31H,3-4,9-11,15H2,1-2H3,(H,29,38)(H,30,39)(H,32,33,34,35)/t18-/m0/s1. The summed E-state index contributed by atoms with van der Waals surface area (Å²) in [6.45, 7) is 1.12. The molecule has 2 aromatic carbocycles. The largest absolute Gasteiger partial charge is 0.355 e. The van der Waals surface area contributed by atoms with Crippen LogP contribution in [0, 0.1) is 11.3 Å². The van der Waals surface area contributed by atoms with E-state index in [1.54, 1.807) is 31.1 Å². The number of amides is 3. The molecule has 1 aliphatic carbocycles. The van der Waals surface area contributed by atoms with E-state index in [1.807, 2.05) is 24.3 Å². The van der Waals surface area contributed by atoms with Crippen LogP contribution in [-0.4, -0.2) is 83.0 Å². The summed E-state index contributed by atoms with van der Waals surface area (Å²) in [7, 11) is 3.15. The monoisotopic (exact) mass is 527 g/mol. The van der Waals surface area contributed by atoms with Crippen molar-refractivity contribution in [3.63, 3.8) is 0 Å². The summed E-state index contributed by atoms with van der Waals surface area (Å²) in [6.07, 6.45) is 2.00. The third-order valence-corrected chi connectivity index (χ3v) is 7.63. The molecular formula is C27H29N9O3. The molecule has 1 atom stereocenters. The molecule has 12 nitrogen and oxygen atoms in total. The van der Waals surface area contributed by atoms with E-state index in [1.165, 1.54) is 0 Å². The van der Waals surface area contributed by atoms with Crippen LogP contribution in [0.1, 0.15) is 56.9 Å². The van der Waals surface area contributed by atoms with Crippen molar-refractivity contribution >= 4 is 17.7 Å². The van der Waals surface area contributed by atoms with E-state index in [4.69, 9.17) is 0 Å². The lowest BCUT2D eigenvalue weighted by atomic mass is 9.74. The van der Waals surface area contributed by atoms with Crippen molar-refractivity contribution in [1.82, 2.24) is 41.5 Å². The number of benzene rings is 2. The Morgan fingerprint density at radius 3 is 2.26 bits per heavy atom. The Labute approximate surface area is 225 Å². The van der Waals surface area contributed by atoms with Crippen LogP contribution >= 0.6 is 0 Å². The molecule has 1 saturated heterocycles. The lowest BCUT2D eigenvalue weighted by Crippen LogP contribution is -2.42. The average Bonchev–Trinajstić information content (AvgIpc) is 3.73. The second-order valence-electron chi connectivity index (χ2n) is 9.62. The Kier molecular flexibility index (Phi) is 7.08. The van der Waals surface area contributed by atoms with Crippen molar-refractivity contribution in [3.8, 4) is 17.2 Å². The Balaban J connectivity index is 1.52. The molecule has 3 aromatic rings. The minimum absolute atomic E-state index is 0.103. The van der Waals surface area contributed by atoms with Gasteiger partial charge in [-0.1, -0.05) is 17.3 Å². The Morgan fingerprint density at radius 1 is 1.08 bits per heavy atom. The van der Waals surface area contributed by atoms with Crippen molar-refractivity contribution in [2.45, 2.75) is 30.7 Å². The molecule has 1 aromatic heterocycles. The molecule has 0 unspecified atom stereocenters. The maximum Gasteiger partial charge on any atom is 0.251 e. The molecule has 12 heteroatoms. The van der Waals surface area contributed by atoms with Crippen molar-refractivity contribution in [2.75, 3.05) is 33.7 Å². The SMILES string of the molecule is CNC(=O)c1ccc2c(c1)-c1cc(C(=O)NC)ccc1C2(CCNCC(=O)N1CCC[C@H]1C#N)c1nn[nH]n1. The summed E-state index contributed by atoms with van der Waals surface area (Å²) >= 11 is 0. The molecule has 0 saturated carbocycles. The number of likely N-dealkylation sites (tertiary alicyclic amines) is 1. The molecule has 0 radical (unpaired) electrons. The molecule has 2 heterocycles. The van der Waals surface area contributed by atoms with Gasteiger partial charge in [0.2, 0.25) is 5.91 Å². The molecule has 1 fully saturated rings. The number of nitrogens with zero attached hydrogens (tertiary/aromatic N) is 5. The van der Waals surface area contributed by atoms with Gasteiger partial charge in [-0.05, 0) is 72.3 Å². The van der Waals surface area contributed by atoms with Crippen molar-refractivity contribution in [2.24, 2.45) is 0 Å². The first-order chi connectivity index (χ1) is 18.9. The predicted molar refractivity (Wildman–Crippen MR) is 141 cm³/mol. The highest BCUT2D eigenvalue weighted by atomic mass is 16.2. The Hall–Kier alpha value is -4.63. The summed E-state index contributed by atoms with van der Waals surface area (Å²) in [5.74, 6) is -0.112. The zero-order valence-electron chi connectivity index (χ0n) is 21.7. The molecule has 1 aliphatic heterocycles. The molecule has 5 rings (SSSR count). The van der Waals surface area contributed by atoms with Crippen LogP contribution in [-0.2, 0) is 10.2 Å². The van der Waals surface area contributed by atoms with Crippen LogP contribution in [0.3, 0.4) is 0 Å². The van der Waals surface area contributed by atoms with Crippen molar-refractivity contribution in [3.05, 3.63) is 64.5 Å². The first-order valence-electron chi connectivity index (χ1n) is 12.8. The minimum Gasteiger partial charge on any atom is -0.355 e. The molecule has 0 bridgehead atoms. The van der Waals surface area contributed by atoms with E-state index >= 15 is 0 Å². The number of aromatic nitrogens is 4. The number of fused-ring (bicyclic) bond motifs is 3. The summed E-state index contributed by atoms with van der Waals surface area (Å²) in [5.41, 5.74) is 3.46. The fourth-order valence-electron chi connectivity index (χ4n) is 5.73. The molecule has 2 aliphatic rings. The Morgan fingerprint density at radius 2 is 1.72 bits per heavy atom. The highest BCUT2D eigenvalue weighted by molar-refractivity contribution is 5.99. The van der Waals surface area contributed by atoms with E-state index in [-0.39, 0.29) is 30.3 Å². The molecule has 4 N–H and O–H groups in total. The number of aromatic amines is 1. The minimum atomic E-state index is -0.848. The van der Waals surface area contributed by atoms with E-state index in [9.17, 15) is 19.6 Å². The van der Waals surface area contributed by atoms with E-state index in [2.05, 4.69) is 42.6 Å². The zero-order valence-corrected chi connectivity index (χ0v) is 21.7. The predicted octanol–water partition coefficient (Wildman–Crippen LogP) is 0.728. The second-order valence-corrected chi connectivity index (χ2v) is 9.62. The van der Waals surface area contributed by atoms with Crippen LogP contribution in [0.2, 0.25) is 0 Å². The van der Waals surface area contributed by atoms with Crippen LogP contribution in [0.25, 0.3) is 11.1 Å². The van der Waals surface area contributed by atoms with Gasteiger partial charge in [-0.3, -0.25) is 14.4 Å². The van der Waals surface area contributed by atoms with Crippen LogP contribution in [0.4, 0.5) is 0 Å². The number of nitrogens with one attached hydrogen (secondary N) is 4. The summed E-state index contributed by atoms with van der Waals surface area (Å²) in [5, 5.41) is 33.0. The van der Waals surface area contributed by atoms with Crippen molar-refractivity contribution in [1.29, 1.82) is 5.26 Å². The third-order valence-electron chi connectivity index (χ3n) is 7.63.